The van der Waals surface area contributed by atoms with Gasteiger partial charge in [-0.15, -0.1) is 0 Å². The number of benzene rings is 2. The third-order valence-corrected chi connectivity index (χ3v) is 6.50. The van der Waals surface area contributed by atoms with Gasteiger partial charge in [-0.1, -0.05) is 30.3 Å². The van der Waals surface area contributed by atoms with E-state index < -0.39 is 33.7 Å². The number of carbonyl (C=O) groups is 1. The van der Waals surface area contributed by atoms with Gasteiger partial charge in [-0.2, -0.15) is 17.5 Å². The lowest BCUT2D eigenvalue weighted by Crippen LogP contribution is -2.45. The van der Waals surface area contributed by atoms with Gasteiger partial charge in [-0.3, -0.25) is 4.79 Å². The van der Waals surface area contributed by atoms with E-state index in [4.69, 9.17) is 0 Å². The van der Waals surface area contributed by atoms with E-state index in [0.717, 1.165) is 16.4 Å². The topological polar surface area (TPSA) is 66.5 Å². The number of sulfonamides is 1. The Morgan fingerprint density at radius 2 is 1.82 bits per heavy atom. The molecule has 2 aromatic carbocycles. The maximum absolute atomic E-state index is 12.8. The van der Waals surface area contributed by atoms with Crippen LogP contribution in [0.2, 0.25) is 0 Å². The quantitative estimate of drug-likeness (QED) is 0.820. The van der Waals surface area contributed by atoms with Crippen molar-refractivity contribution in [1.29, 1.82) is 0 Å². The molecule has 1 unspecified atom stereocenters. The van der Waals surface area contributed by atoms with Crippen molar-refractivity contribution in [3.05, 3.63) is 65.7 Å². The van der Waals surface area contributed by atoms with Gasteiger partial charge in [0.15, 0.2) is 0 Å². The third kappa shape index (κ3) is 4.36. The van der Waals surface area contributed by atoms with E-state index in [9.17, 15) is 26.4 Å². The molecule has 28 heavy (non-hydrogen) atoms. The number of carbonyl (C=O) groups excluding carboxylic acids is 1. The zero-order chi connectivity index (χ0) is 20.4. The van der Waals surface area contributed by atoms with Crippen molar-refractivity contribution in [2.75, 3.05) is 6.54 Å². The first kappa shape index (κ1) is 20.3. The van der Waals surface area contributed by atoms with Gasteiger partial charge < -0.3 is 5.32 Å². The molecule has 1 fully saturated rings. The Morgan fingerprint density at radius 1 is 1.11 bits per heavy atom. The lowest BCUT2D eigenvalue weighted by molar-refractivity contribution is -0.137. The Morgan fingerprint density at radius 3 is 2.50 bits per heavy atom. The molecule has 1 aliphatic heterocycles. The molecule has 150 valence electrons. The van der Waals surface area contributed by atoms with Gasteiger partial charge >= 0.3 is 6.18 Å². The monoisotopic (exact) mass is 412 g/mol. The van der Waals surface area contributed by atoms with E-state index in [1.807, 2.05) is 0 Å². The predicted octanol–water partition coefficient (Wildman–Crippen LogP) is 3.17. The summed E-state index contributed by atoms with van der Waals surface area (Å²) in [5.41, 5.74) is -0.507. The van der Waals surface area contributed by atoms with Crippen LogP contribution in [0.5, 0.6) is 0 Å². The molecule has 1 aliphatic rings. The molecule has 1 N–H and O–H groups in total. The number of nitrogens with zero attached hydrogens (tertiary/aromatic N) is 1. The largest absolute Gasteiger partial charge is 0.416 e. The van der Waals surface area contributed by atoms with Crippen LogP contribution in [0.1, 0.15) is 24.0 Å². The molecule has 9 heteroatoms. The van der Waals surface area contributed by atoms with Crippen molar-refractivity contribution >= 4 is 15.9 Å². The maximum Gasteiger partial charge on any atom is 0.416 e. The molecule has 1 amide bonds. The minimum Gasteiger partial charge on any atom is -0.351 e. The van der Waals surface area contributed by atoms with Crippen LogP contribution in [0.15, 0.2) is 59.5 Å². The summed E-state index contributed by atoms with van der Waals surface area (Å²) in [6.07, 6.45) is -3.57. The second-order valence-corrected chi connectivity index (χ2v) is 8.39. The summed E-state index contributed by atoms with van der Waals surface area (Å²) in [5.74, 6) is -0.519. The Labute approximate surface area is 161 Å². The summed E-state index contributed by atoms with van der Waals surface area (Å²) in [7, 11) is -3.82. The molecule has 0 bridgehead atoms. The smallest absolute Gasteiger partial charge is 0.351 e. The van der Waals surface area contributed by atoms with Crippen molar-refractivity contribution in [2.24, 2.45) is 0 Å². The molecule has 0 aromatic heterocycles. The molecule has 0 aliphatic carbocycles. The average molecular weight is 412 g/mol. The molecule has 5 nitrogen and oxygen atoms in total. The molecule has 1 saturated heterocycles. The van der Waals surface area contributed by atoms with Crippen LogP contribution in [0.3, 0.4) is 0 Å². The lowest BCUT2D eigenvalue weighted by Gasteiger charge is -2.23. The van der Waals surface area contributed by atoms with Gasteiger partial charge in [-0.25, -0.2) is 8.42 Å². The number of hydrogen-bond acceptors (Lipinski definition) is 3. The number of halogens is 3. The van der Waals surface area contributed by atoms with Crippen LogP contribution in [0.4, 0.5) is 13.2 Å². The Hall–Kier alpha value is -2.39. The highest BCUT2D eigenvalue weighted by molar-refractivity contribution is 7.89. The Balaban J connectivity index is 1.71. The van der Waals surface area contributed by atoms with Crippen LogP contribution in [-0.2, 0) is 27.5 Å². The van der Waals surface area contributed by atoms with Gasteiger partial charge in [-0.05, 0) is 42.7 Å². The summed E-state index contributed by atoms with van der Waals surface area (Å²) < 4.78 is 65.1. The summed E-state index contributed by atoms with van der Waals surface area (Å²) in [6.45, 7) is 0.108. The van der Waals surface area contributed by atoms with Crippen molar-refractivity contribution in [3.8, 4) is 0 Å². The van der Waals surface area contributed by atoms with Crippen molar-refractivity contribution in [2.45, 2.75) is 36.5 Å². The molecule has 0 spiro atoms. The van der Waals surface area contributed by atoms with E-state index >= 15 is 0 Å². The Kier molecular flexibility index (Phi) is 5.76. The van der Waals surface area contributed by atoms with Gasteiger partial charge in [0, 0.05) is 13.1 Å². The maximum atomic E-state index is 12.8. The van der Waals surface area contributed by atoms with Crippen LogP contribution >= 0.6 is 0 Å². The first-order valence-corrected chi connectivity index (χ1v) is 10.1. The molecule has 0 saturated carbocycles. The Bertz CT molecular complexity index is 946. The number of hydrogen-bond donors (Lipinski definition) is 1. The lowest BCUT2D eigenvalue weighted by atomic mass is 10.1. The summed E-state index contributed by atoms with van der Waals surface area (Å²) in [4.78, 5) is 12.7. The molecular weight excluding hydrogens is 393 g/mol. The van der Waals surface area contributed by atoms with Gasteiger partial charge in [0.05, 0.1) is 10.5 Å². The van der Waals surface area contributed by atoms with E-state index in [2.05, 4.69) is 5.32 Å². The second-order valence-electron chi connectivity index (χ2n) is 6.50. The minimum absolute atomic E-state index is 0.104. The number of alkyl halides is 3. The molecule has 1 atom stereocenters. The predicted molar refractivity (Wildman–Crippen MR) is 96.6 cm³/mol. The molecular formula is C19H19F3N2O3S. The van der Waals surface area contributed by atoms with E-state index in [-0.39, 0.29) is 18.0 Å². The van der Waals surface area contributed by atoms with Gasteiger partial charge in [0.2, 0.25) is 15.9 Å². The van der Waals surface area contributed by atoms with Crippen LogP contribution < -0.4 is 5.32 Å². The fourth-order valence-electron chi connectivity index (χ4n) is 3.18. The van der Waals surface area contributed by atoms with Crippen molar-refractivity contribution < 1.29 is 26.4 Å². The first-order valence-electron chi connectivity index (χ1n) is 8.70. The van der Waals surface area contributed by atoms with E-state index in [1.54, 1.807) is 18.2 Å². The third-order valence-electron chi connectivity index (χ3n) is 4.58. The van der Waals surface area contributed by atoms with Crippen LogP contribution in [-0.4, -0.2) is 31.2 Å². The number of amides is 1. The summed E-state index contributed by atoms with van der Waals surface area (Å²) >= 11 is 0. The molecule has 0 radical (unpaired) electrons. The highest BCUT2D eigenvalue weighted by Gasteiger charge is 2.39. The summed E-state index contributed by atoms with van der Waals surface area (Å²) in [5, 5.41) is 2.56. The van der Waals surface area contributed by atoms with E-state index in [1.165, 1.54) is 24.3 Å². The summed E-state index contributed by atoms with van der Waals surface area (Å²) in [6, 6.07) is 11.6. The van der Waals surface area contributed by atoms with Gasteiger partial charge in [0.25, 0.3) is 0 Å². The van der Waals surface area contributed by atoms with Crippen LogP contribution in [0, 0.1) is 0 Å². The highest BCUT2D eigenvalue weighted by Crippen LogP contribution is 2.30. The van der Waals surface area contributed by atoms with Crippen LogP contribution in [0.25, 0.3) is 0 Å². The number of rotatable bonds is 5. The van der Waals surface area contributed by atoms with Crippen molar-refractivity contribution in [1.82, 2.24) is 9.62 Å². The fraction of sp³-hybridized carbons (Fsp3) is 0.316. The average Bonchev–Trinajstić information content (AvgIpc) is 3.17. The zero-order valence-corrected chi connectivity index (χ0v) is 15.6. The zero-order valence-electron chi connectivity index (χ0n) is 14.8. The fourth-order valence-corrected chi connectivity index (χ4v) is 4.86. The normalized spacial score (nSPS) is 18.2. The van der Waals surface area contributed by atoms with Crippen molar-refractivity contribution in [3.63, 3.8) is 0 Å². The minimum atomic E-state index is -4.47. The first-order chi connectivity index (χ1) is 13.2. The molecule has 1 heterocycles. The second kappa shape index (κ2) is 7.92. The molecule has 2 aromatic rings. The standard InChI is InChI=1S/C19H19F3N2O3S/c20-19(21,22)15-7-4-6-14(12-15)13-23-18(25)17-10-5-11-24(17)28(26,27)16-8-2-1-3-9-16/h1-4,6-9,12,17H,5,10-11,13H2,(H,23,25). The SMILES string of the molecule is O=C(NCc1cccc(C(F)(F)F)c1)C1CCCN1S(=O)(=O)c1ccccc1. The highest BCUT2D eigenvalue weighted by atomic mass is 32.2. The van der Waals surface area contributed by atoms with Gasteiger partial charge in [0.1, 0.15) is 6.04 Å². The molecule has 3 rings (SSSR count). The number of nitrogens with one attached hydrogen (secondary N) is 1. The van der Waals surface area contributed by atoms with E-state index in [0.29, 0.717) is 18.4 Å².